The van der Waals surface area contributed by atoms with E-state index in [0.29, 0.717) is 12.0 Å². The van der Waals surface area contributed by atoms with E-state index in [1.165, 1.54) is 24.1 Å². The second-order valence-corrected chi connectivity index (χ2v) is 5.93. The second kappa shape index (κ2) is 6.47. The van der Waals surface area contributed by atoms with Crippen LogP contribution in [0.2, 0.25) is 0 Å². The smallest absolute Gasteiger partial charge is 0.0897 e. The van der Waals surface area contributed by atoms with Gasteiger partial charge in [-0.05, 0) is 38.6 Å². The Hall–Kier alpha value is -0.450. The summed E-state index contributed by atoms with van der Waals surface area (Å²) in [6.45, 7) is 7.19. The molecule has 0 aliphatic carbocycles. The molecule has 1 aliphatic rings. The summed E-state index contributed by atoms with van der Waals surface area (Å²) in [6, 6.07) is 0.477. The lowest BCUT2D eigenvalue weighted by Crippen LogP contribution is -2.32. The fourth-order valence-corrected chi connectivity index (χ4v) is 3.32. The monoisotopic (exact) mass is 254 g/mol. The van der Waals surface area contributed by atoms with Crippen molar-refractivity contribution in [2.45, 2.75) is 39.2 Å². The number of hydrogen-bond acceptors (Lipinski definition) is 4. The molecule has 0 aromatic carbocycles. The molecule has 1 aliphatic heterocycles. The molecule has 2 rings (SSSR count). The van der Waals surface area contributed by atoms with Gasteiger partial charge < -0.3 is 10.1 Å². The van der Waals surface area contributed by atoms with Crippen molar-refractivity contribution in [1.82, 2.24) is 10.3 Å². The van der Waals surface area contributed by atoms with Crippen molar-refractivity contribution in [3.8, 4) is 0 Å². The average Bonchev–Trinajstić information content (AvgIpc) is 2.78. The largest absolute Gasteiger partial charge is 0.381 e. The van der Waals surface area contributed by atoms with Gasteiger partial charge >= 0.3 is 0 Å². The van der Waals surface area contributed by atoms with Crippen molar-refractivity contribution < 1.29 is 4.74 Å². The van der Waals surface area contributed by atoms with E-state index in [1.54, 1.807) is 0 Å². The average molecular weight is 254 g/mol. The topological polar surface area (TPSA) is 34.2 Å². The number of hydrogen-bond donors (Lipinski definition) is 1. The molecule has 1 fully saturated rings. The van der Waals surface area contributed by atoms with E-state index in [9.17, 15) is 0 Å². The normalized spacial score (nSPS) is 19.4. The first-order valence-corrected chi connectivity index (χ1v) is 7.36. The quantitative estimate of drug-likeness (QED) is 0.877. The highest BCUT2D eigenvalue weighted by Gasteiger charge is 2.26. The van der Waals surface area contributed by atoms with E-state index in [1.807, 2.05) is 17.5 Å². The molecule has 0 spiro atoms. The fraction of sp³-hybridized carbons (Fsp3) is 0.769. The molecule has 1 aromatic heterocycles. The van der Waals surface area contributed by atoms with Crippen LogP contribution in [0.1, 0.15) is 42.1 Å². The summed E-state index contributed by atoms with van der Waals surface area (Å²) in [4.78, 5) is 5.78. The van der Waals surface area contributed by atoms with Gasteiger partial charge in [0.15, 0.2) is 0 Å². The van der Waals surface area contributed by atoms with Crippen molar-refractivity contribution in [3.05, 3.63) is 16.1 Å². The van der Waals surface area contributed by atoms with Gasteiger partial charge in [0.05, 0.1) is 5.01 Å². The Bertz CT molecular complexity index is 334. The van der Waals surface area contributed by atoms with Gasteiger partial charge in [0, 0.05) is 30.3 Å². The van der Waals surface area contributed by atoms with Crippen LogP contribution in [-0.2, 0) is 4.74 Å². The molecule has 3 nitrogen and oxygen atoms in total. The summed E-state index contributed by atoms with van der Waals surface area (Å²) in [5.74, 6) is 0.704. The Morgan fingerprint density at radius 3 is 2.88 bits per heavy atom. The van der Waals surface area contributed by atoms with Gasteiger partial charge in [-0.1, -0.05) is 6.92 Å². The molecule has 17 heavy (non-hydrogen) atoms. The summed E-state index contributed by atoms with van der Waals surface area (Å²) in [7, 11) is 0. The predicted octanol–water partition coefficient (Wildman–Crippen LogP) is 2.92. The third-order valence-corrected chi connectivity index (χ3v) is 4.29. The maximum absolute atomic E-state index is 5.46. The third-order valence-electron chi connectivity index (χ3n) is 3.30. The highest BCUT2D eigenvalue weighted by atomic mass is 32.1. The number of nitrogens with one attached hydrogen (secondary N) is 1. The summed E-state index contributed by atoms with van der Waals surface area (Å²) in [5.41, 5.74) is 0. The van der Waals surface area contributed by atoms with Gasteiger partial charge in [-0.15, -0.1) is 11.3 Å². The zero-order chi connectivity index (χ0) is 12.1. The molecule has 1 unspecified atom stereocenters. The van der Waals surface area contributed by atoms with Crippen LogP contribution in [0.4, 0.5) is 0 Å². The van der Waals surface area contributed by atoms with E-state index in [4.69, 9.17) is 4.74 Å². The molecule has 96 valence electrons. The minimum Gasteiger partial charge on any atom is -0.381 e. The molecule has 0 amide bonds. The molecule has 1 N–H and O–H groups in total. The standard InChI is InChI=1S/C13H22N2OS/c1-3-6-14-13(11-4-7-16-8-5-11)12-9-15-10(2)17-12/h9,11,13-14H,3-8H2,1-2H3. The van der Waals surface area contributed by atoms with E-state index in [2.05, 4.69) is 24.1 Å². The van der Waals surface area contributed by atoms with Crippen molar-refractivity contribution in [3.63, 3.8) is 0 Å². The number of nitrogens with zero attached hydrogens (tertiary/aromatic N) is 1. The van der Waals surface area contributed by atoms with Crippen molar-refractivity contribution in [2.75, 3.05) is 19.8 Å². The van der Waals surface area contributed by atoms with Crippen LogP contribution in [0.3, 0.4) is 0 Å². The van der Waals surface area contributed by atoms with Crippen LogP contribution in [0, 0.1) is 12.8 Å². The van der Waals surface area contributed by atoms with Gasteiger partial charge in [-0.3, -0.25) is 0 Å². The van der Waals surface area contributed by atoms with Crippen LogP contribution >= 0.6 is 11.3 Å². The lowest BCUT2D eigenvalue weighted by Gasteiger charge is -2.30. The zero-order valence-corrected chi connectivity index (χ0v) is 11.6. The molecular formula is C13H22N2OS. The predicted molar refractivity (Wildman–Crippen MR) is 71.4 cm³/mol. The first kappa shape index (κ1) is 13.0. The molecule has 2 heterocycles. The molecular weight excluding hydrogens is 232 g/mol. The summed E-state index contributed by atoms with van der Waals surface area (Å²) < 4.78 is 5.46. The summed E-state index contributed by atoms with van der Waals surface area (Å²) >= 11 is 1.83. The Morgan fingerprint density at radius 1 is 1.53 bits per heavy atom. The SMILES string of the molecule is CCCNC(c1cnc(C)s1)C1CCOCC1. The number of thiazole rings is 1. The Kier molecular flexibility index (Phi) is 4.95. The Labute approximate surface area is 108 Å². The van der Waals surface area contributed by atoms with Crippen LogP contribution in [0.15, 0.2) is 6.20 Å². The maximum atomic E-state index is 5.46. The number of ether oxygens (including phenoxy) is 1. The maximum Gasteiger partial charge on any atom is 0.0897 e. The van der Waals surface area contributed by atoms with Crippen LogP contribution in [0.5, 0.6) is 0 Å². The number of aromatic nitrogens is 1. The molecule has 1 atom stereocenters. The van der Waals surface area contributed by atoms with Gasteiger partial charge in [0.1, 0.15) is 0 Å². The van der Waals surface area contributed by atoms with Gasteiger partial charge in [-0.2, -0.15) is 0 Å². The molecule has 1 saturated heterocycles. The van der Waals surface area contributed by atoms with Gasteiger partial charge in [-0.25, -0.2) is 4.98 Å². The molecule has 0 radical (unpaired) electrons. The summed E-state index contributed by atoms with van der Waals surface area (Å²) in [5, 5.41) is 4.85. The van der Waals surface area contributed by atoms with E-state index in [-0.39, 0.29) is 0 Å². The van der Waals surface area contributed by atoms with Crippen molar-refractivity contribution in [1.29, 1.82) is 0 Å². The summed E-state index contributed by atoms with van der Waals surface area (Å²) in [6.07, 6.45) is 5.55. The van der Waals surface area contributed by atoms with Gasteiger partial charge in [0.2, 0.25) is 0 Å². The lowest BCUT2D eigenvalue weighted by molar-refractivity contribution is 0.0540. The molecule has 0 saturated carbocycles. The second-order valence-electron chi connectivity index (χ2n) is 4.66. The highest BCUT2D eigenvalue weighted by Crippen LogP contribution is 2.32. The fourth-order valence-electron chi connectivity index (χ4n) is 2.37. The highest BCUT2D eigenvalue weighted by molar-refractivity contribution is 7.11. The zero-order valence-electron chi connectivity index (χ0n) is 10.7. The van der Waals surface area contributed by atoms with E-state index in [0.717, 1.165) is 24.8 Å². The van der Waals surface area contributed by atoms with Gasteiger partial charge in [0.25, 0.3) is 0 Å². The molecule has 4 heteroatoms. The molecule has 1 aromatic rings. The number of rotatable bonds is 5. The first-order valence-electron chi connectivity index (χ1n) is 6.54. The van der Waals surface area contributed by atoms with Crippen LogP contribution < -0.4 is 5.32 Å². The minimum absolute atomic E-state index is 0.477. The number of aryl methyl sites for hydroxylation is 1. The van der Waals surface area contributed by atoms with E-state index < -0.39 is 0 Å². The van der Waals surface area contributed by atoms with E-state index >= 15 is 0 Å². The molecule has 0 bridgehead atoms. The van der Waals surface area contributed by atoms with Crippen molar-refractivity contribution in [2.24, 2.45) is 5.92 Å². The minimum atomic E-state index is 0.477. The lowest BCUT2D eigenvalue weighted by atomic mass is 9.91. The third kappa shape index (κ3) is 3.50. The van der Waals surface area contributed by atoms with Crippen LogP contribution in [-0.4, -0.2) is 24.7 Å². The Balaban J connectivity index is 2.06. The Morgan fingerprint density at radius 2 is 2.29 bits per heavy atom. The first-order chi connectivity index (χ1) is 8.31. The van der Waals surface area contributed by atoms with Crippen molar-refractivity contribution >= 4 is 11.3 Å². The van der Waals surface area contributed by atoms with Crippen LogP contribution in [0.25, 0.3) is 0 Å².